The molecular weight excluding hydrogens is 336 g/mol. The van der Waals surface area contributed by atoms with E-state index in [1.807, 2.05) is 20.8 Å². The molecule has 26 heavy (non-hydrogen) atoms. The molecule has 0 radical (unpaired) electrons. The minimum Gasteiger partial charge on any atom is -0.451 e. The molecule has 0 aromatic heterocycles. The summed E-state index contributed by atoms with van der Waals surface area (Å²) in [5.74, 6) is -1.37. The number of ketones is 1. The summed E-state index contributed by atoms with van der Waals surface area (Å²) in [6.45, 7) is 5.62. The number of carbonyl (C=O) groups excluding carboxylic acids is 1. The highest BCUT2D eigenvalue weighted by atomic mass is 19.1. The van der Waals surface area contributed by atoms with E-state index >= 15 is 0 Å². The average Bonchev–Trinajstić information content (AvgIpc) is 2.64. The van der Waals surface area contributed by atoms with Crippen LogP contribution in [0.25, 0.3) is 0 Å². The van der Waals surface area contributed by atoms with Crippen LogP contribution in [0, 0.1) is 11.6 Å². The van der Waals surface area contributed by atoms with Crippen LogP contribution in [0.5, 0.6) is 11.5 Å². The van der Waals surface area contributed by atoms with E-state index in [9.17, 15) is 13.6 Å². The highest BCUT2D eigenvalue weighted by Gasteiger charge is 2.23. The summed E-state index contributed by atoms with van der Waals surface area (Å²) < 4.78 is 34.5. The van der Waals surface area contributed by atoms with Gasteiger partial charge in [-0.25, -0.2) is 8.78 Å². The lowest BCUT2D eigenvalue weighted by Gasteiger charge is -2.23. The molecule has 0 amide bonds. The van der Waals surface area contributed by atoms with Crippen molar-refractivity contribution in [2.75, 3.05) is 0 Å². The van der Waals surface area contributed by atoms with Gasteiger partial charge in [-0.1, -0.05) is 38.1 Å². The van der Waals surface area contributed by atoms with Crippen LogP contribution in [0.1, 0.15) is 51.6 Å². The third kappa shape index (κ3) is 5.11. The summed E-state index contributed by atoms with van der Waals surface area (Å²) in [4.78, 5) is 11.6. The molecule has 2 aromatic carbocycles. The highest BCUT2D eigenvalue weighted by Crippen LogP contribution is 2.33. The fraction of sp³-hybridized carbons (Fsp3) is 0.381. The van der Waals surface area contributed by atoms with Crippen molar-refractivity contribution in [2.24, 2.45) is 0 Å². The lowest BCUT2D eigenvalue weighted by molar-refractivity contribution is -0.119. The molecule has 3 nitrogen and oxygen atoms in total. The number of para-hydroxylation sites is 1. The number of benzene rings is 2. The standard InChI is InChI=1S/C21H25F2NO2/c1-4-15(25)13-14(3)24-19(5-2)17-11-12-18(22)21(20(17)23)26-16-9-7-6-8-10-16/h6-12,14,19,24H,4-5,13H2,1-3H3. The van der Waals surface area contributed by atoms with Crippen LogP contribution in [-0.4, -0.2) is 11.8 Å². The van der Waals surface area contributed by atoms with Crippen LogP contribution in [0.2, 0.25) is 0 Å². The molecule has 0 aliphatic heterocycles. The van der Waals surface area contributed by atoms with E-state index in [1.165, 1.54) is 12.1 Å². The van der Waals surface area contributed by atoms with E-state index in [0.717, 1.165) is 0 Å². The summed E-state index contributed by atoms with van der Waals surface area (Å²) in [6, 6.07) is 10.7. The molecule has 1 N–H and O–H groups in total. The molecule has 0 bridgehead atoms. The van der Waals surface area contributed by atoms with Crippen LogP contribution in [0.3, 0.4) is 0 Å². The molecule has 5 heteroatoms. The van der Waals surface area contributed by atoms with E-state index in [2.05, 4.69) is 5.32 Å². The first-order chi connectivity index (χ1) is 12.5. The smallest absolute Gasteiger partial charge is 0.198 e. The van der Waals surface area contributed by atoms with Gasteiger partial charge in [0, 0.05) is 30.5 Å². The molecule has 0 aliphatic rings. The molecule has 0 heterocycles. The van der Waals surface area contributed by atoms with Crippen molar-refractivity contribution in [1.82, 2.24) is 5.32 Å². The molecule has 0 spiro atoms. The zero-order valence-electron chi connectivity index (χ0n) is 15.4. The van der Waals surface area contributed by atoms with Gasteiger partial charge >= 0.3 is 0 Å². The fourth-order valence-electron chi connectivity index (χ4n) is 2.83. The third-order valence-electron chi connectivity index (χ3n) is 4.24. The highest BCUT2D eigenvalue weighted by molar-refractivity contribution is 5.78. The molecule has 0 saturated heterocycles. The molecule has 2 unspecified atom stereocenters. The van der Waals surface area contributed by atoms with Crippen molar-refractivity contribution in [3.63, 3.8) is 0 Å². The van der Waals surface area contributed by atoms with Crippen molar-refractivity contribution < 1.29 is 18.3 Å². The van der Waals surface area contributed by atoms with E-state index in [1.54, 1.807) is 30.3 Å². The number of hydrogen-bond donors (Lipinski definition) is 1. The number of hydrogen-bond acceptors (Lipinski definition) is 3. The molecule has 0 aliphatic carbocycles. The van der Waals surface area contributed by atoms with Gasteiger partial charge in [0.25, 0.3) is 0 Å². The summed E-state index contributed by atoms with van der Waals surface area (Å²) in [7, 11) is 0. The number of carbonyl (C=O) groups is 1. The maximum absolute atomic E-state index is 15.0. The first kappa shape index (κ1) is 20.0. The summed E-state index contributed by atoms with van der Waals surface area (Å²) in [5, 5.41) is 3.26. The Hall–Kier alpha value is -2.27. The lowest BCUT2D eigenvalue weighted by Crippen LogP contribution is -2.32. The number of rotatable bonds is 9. The van der Waals surface area contributed by atoms with Crippen LogP contribution >= 0.6 is 0 Å². The molecule has 140 valence electrons. The summed E-state index contributed by atoms with van der Waals surface area (Å²) >= 11 is 0. The minimum absolute atomic E-state index is 0.102. The molecule has 0 fully saturated rings. The van der Waals surface area contributed by atoms with Crippen molar-refractivity contribution in [3.05, 3.63) is 59.7 Å². The molecule has 0 saturated carbocycles. The number of nitrogens with one attached hydrogen (secondary N) is 1. The van der Waals surface area contributed by atoms with Gasteiger partial charge in [0.2, 0.25) is 0 Å². The van der Waals surface area contributed by atoms with Gasteiger partial charge in [-0.05, 0) is 31.5 Å². The Balaban J connectivity index is 2.24. The van der Waals surface area contributed by atoms with Crippen LogP contribution < -0.4 is 10.1 Å². The molecular formula is C21H25F2NO2. The van der Waals surface area contributed by atoms with Crippen LogP contribution in [0.15, 0.2) is 42.5 Å². The van der Waals surface area contributed by atoms with E-state index < -0.39 is 17.4 Å². The number of Topliss-reactive ketones (excluding diaryl/α,β-unsaturated/α-hetero) is 1. The normalized spacial score (nSPS) is 13.3. The summed E-state index contributed by atoms with van der Waals surface area (Å²) in [5.41, 5.74) is 0.329. The Morgan fingerprint density at radius 2 is 1.81 bits per heavy atom. The van der Waals surface area contributed by atoms with E-state index in [0.29, 0.717) is 30.6 Å². The first-order valence-corrected chi connectivity index (χ1v) is 8.94. The Bertz CT molecular complexity index is 734. The van der Waals surface area contributed by atoms with Crippen LogP contribution in [-0.2, 0) is 4.79 Å². The van der Waals surface area contributed by atoms with Gasteiger partial charge in [-0.2, -0.15) is 0 Å². The Labute approximate surface area is 153 Å². The monoisotopic (exact) mass is 361 g/mol. The Kier molecular flexibility index (Phi) is 7.27. The van der Waals surface area contributed by atoms with E-state index in [-0.39, 0.29) is 17.9 Å². The average molecular weight is 361 g/mol. The molecule has 2 aromatic rings. The largest absolute Gasteiger partial charge is 0.451 e. The quantitative estimate of drug-likeness (QED) is 0.636. The zero-order chi connectivity index (χ0) is 19.1. The third-order valence-corrected chi connectivity index (χ3v) is 4.24. The van der Waals surface area contributed by atoms with Crippen molar-refractivity contribution in [1.29, 1.82) is 0 Å². The molecule has 2 rings (SSSR count). The topological polar surface area (TPSA) is 38.3 Å². The second-order valence-corrected chi connectivity index (χ2v) is 6.32. The second kappa shape index (κ2) is 9.43. The van der Waals surface area contributed by atoms with Gasteiger partial charge in [0.05, 0.1) is 0 Å². The van der Waals surface area contributed by atoms with Gasteiger partial charge in [0.1, 0.15) is 11.5 Å². The maximum Gasteiger partial charge on any atom is 0.198 e. The predicted octanol–water partition coefficient (Wildman–Crippen LogP) is 5.56. The maximum atomic E-state index is 15.0. The SMILES string of the molecule is CCC(=O)CC(C)NC(CC)c1ccc(F)c(Oc2ccccc2)c1F. The zero-order valence-corrected chi connectivity index (χ0v) is 15.4. The molecule has 2 atom stereocenters. The lowest BCUT2D eigenvalue weighted by atomic mass is 10.0. The minimum atomic E-state index is -0.751. The van der Waals surface area contributed by atoms with Crippen molar-refractivity contribution in [3.8, 4) is 11.5 Å². The predicted molar refractivity (Wildman–Crippen MR) is 98.4 cm³/mol. The first-order valence-electron chi connectivity index (χ1n) is 8.94. The fourth-order valence-corrected chi connectivity index (χ4v) is 2.83. The van der Waals surface area contributed by atoms with Gasteiger partial charge < -0.3 is 10.1 Å². The van der Waals surface area contributed by atoms with Crippen molar-refractivity contribution in [2.45, 2.75) is 52.1 Å². The van der Waals surface area contributed by atoms with Crippen LogP contribution in [0.4, 0.5) is 8.78 Å². The second-order valence-electron chi connectivity index (χ2n) is 6.32. The van der Waals surface area contributed by atoms with Gasteiger partial charge in [-0.3, -0.25) is 4.79 Å². The Morgan fingerprint density at radius 3 is 2.42 bits per heavy atom. The van der Waals surface area contributed by atoms with Gasteiger partial charge in [0.15, 0.2) is 17.4 Å². The number of ether oxygens (including phenoxy) is 1. The van der Waals surface area contributed by atoms with Crippen molar-refractivity contribution >= 4 is 5.78 Å². The Morgan fingerprint density at radius 1 is 1.12 bits per heavy atom. The van der Waals surface area contributed by atoms with E-state index in [4.69, 9.17) is 4.74 Å². The summed E-state index contributed by atoms with van der Waals surface area (Å²) in [6.07, 6.45) is 1.45. The van der Waals surface area contributed by atoms with Gasteiger partial charge in [-0.15, -0.1) is 0 Å². The number of halogens is 2.